The summed E-state index contributed by atoms with van der Waals surface area (Å²) in [5, 5.41) is 23.1. The number of ether oxygens (including phenoxy) is 3. The number of carbonyl (C=O) groups is 5. The van der Waals surface area contributed by atoms with Gasteiger partial charge in [-0.05, 0) is 49.4 Å². The molecule has 80 heavy (non-hydrogen) atoms. The summed E-state index contributed by atoms with van der Waals surface area (Å²) in [6, 6.07) is 0. The number of aliphatic hydroxyl groups excluding tert-OH is 2. The van der Waals surface area contributed by atoms with E-state index in [0.29, 0.717) is 38.5 Å². The Balaban J connectivity index is 3.29. The van der Waals surface area contributed by atoms with Crippen molar-refractivity contribution in [3.63, 3.8) is 0 Å². The van der Waals surface area contributed by atoms with Gasteiger partial charge in [0, 0.05) is 25.7 Å². The van der Waals surface area contributed by atoms with Gasteiger partial charge in [-0.1, -0.05) is 312 Å². The largest absolute Gasteiger partial charge is 0.499 e. The van der Waals surface area contributed by atoms with Gasteiger partial charge in [0.2, 0.25) is 17.1 Å². The second-order valence-corrected chi connectivity index (χ2v) is 26.4. The second-order valence-electron chi connectivity index (χ2n) is 26.4. The molecule has 0 fully saturated rings. The average molecular weight is 1130 g/mol. The molecule has 0 amide bonds. The number of esters is 3. The van der Waals surface area contributed by atoms with Crippen LogP contribution >= 0.6 is 0 Å². The predicted octanol–water partition coefficient (Wildman–Crippen LogP) is 20.4. The first kappa shape index (κ1) is 75.3. The van der Waals surface area contributed by atoms with E-state index in [1.54, 1.807) is 0 Å². The Labute approximate surface area is 492 Å². The van der Waals surface area contributed by atoms with E-state index in [1.165, 1.54) is 141 Å². The normalized spacial score (nSPS) is 15.4. The smallest absolute Gasteiger partial charge is 0.378 e. The van der Waals surface area contributed by atoms with Crippen molar-refractivity contribution in [3.05, 3.63) is 11.5 Å². The van der Waals surface area contributed by atoms with Crippen LogP contribution in [0.15, 0.2) is 11.5 Å². The number of carbonyl (C=O) groups excluding carboxylic acids is 5. The van der Waals surface area contributed by atoms with E-state index in [1.807, 2.05) is 0 Å². The molecule has 0 saturated carbocycles. The molecular formula is C70H128O10. The Bertz CT molecular complexity index is 1620. The van der Waals surface area contributed by atoms with Crippen molar-refractivity contribution in [2.45, 2.75) is 375 Å². The maximum Gasteiger partial charge on any atom is 0.378 e. The van der Waals surface area contributed by atoms with Crippen molar-refractivity contribution in [3.8, 4) is 0 Å². The Hall–Kier alpha value is -2.75. The molecule has 2 N–H and O–H groups in total. The topological polar surface area (TPSA) is 154 Å². The van der Waals surface area contributed by atoms with Gasteiger partial charge in [0.25, 0.3) is 5.60 Å². The Kier molecular flexibility index (Phi) is 45.7. The maximum atomic E-state index is 15.1. The van der Waals surface area contributed by atoms with Crippen LogP contribution in [-0.4, -0.2) is 57.5 Å². The van der Waals surface area contributed by atoms with E-state index in [4.69, 9.17) is 14.2 Å². The second kappa shape index (κ2) is 48.6. The summed E-state index contributed by atoms with van der Waals surface area (Å²) >= 11 is 0. The molecule has 1 aliphatic heterocycles. The van der Waals surface area contributed by atoms with Crippen molar-refractivity contribution in [2.24, 2.45) is 23.7 Å². The van der Waals surface area contributed by atoms with Crippen molar-refractivity contribution < 1.29 is 48.4 Å². The molecule has 468 valence electrons. The molecule has 0 aliphatic carbocycles. The highest BCUT2D eigenvalue weighted by Gasteiger charge is 2.73. The lowest BCUT2D eigenvalue weighted by molar-refractivity contribution is -0.213. The van der Waals surface area contributed by atoms with Gasteiger partial charge < -0.3 is 24.4 Å². The zero-order chi connectivity index (χ0) is 59.1. The molecule has 1 heterocycles. The lowest BCUT2D eigenvalue weighted by atomic mass is 9.72. The molecule has 0 bridgehead atoms. The fourth-order valence-electron chi connectivity index (χ4n) is 11.6. The van der Waals surface area contributed by atoms with Crippen LogP contribution in [0.25, 0.3) is 0 Å². The van der Waals surface area contributed by atoms with Crippen LogP contribution in [0.1, 0.15) is 364 Å². The molecule has 0 spiro atoms. The molecule has 1 aliphatic rings. The zero-order valence-corrected chi connectivity index (χ0v) is 53.6. The molecule has 10 nitrogen and oxygen atoms in total. The maximum absolute atomic E-state index is 15.1. The molecule has 0 saturated heterocycles. The van der Waals surface area contributed by atoms with Gasteiger partial charge in [-0.15, -0.1) is 0 Å². The number of aliphatic hydroxyl groups is 2. The summed E-state index contributed by atoms with van der Waals surface area (Å²) in [6.07, 6.45) is 46.0. The van der Waals surface area contributed by atoms with Gasteiger partial charge in [-0.25, -0.2) is 4.79 Å². The van der Waals surface area contributed by atoms with Gasteiger partial charge >= 0.3 is 17.9 Å². The van der Waals surface area contributed by atoms with E-state index in [0.717, 1.165) is 126 Å². The number of Topliss-reactive ketones (excluding diaryl/α,β-unsaturated/α-hetero) is 2. The van der Waals surface area contributed by atoms with Crippen LogP contribution in [0, 0.1) is 23.7 Å². The minimum atomic E-state index is -2.89. The molecule has 0 aromatic carbocycles. The lowest BCUT2D eigenvalue weighted by Gasteiger charge is -2.43. The van der Waals surface area contributed by atoms with Gasteiger partial charge in [0.05, 0.1) is 6.61 Å². The van der Waals surface area contributed by atoms with Gasteiger partial charge in [0.15, 0.2) is 11.6 Å². The monoisotopic (exact) mass is 1130 g/mol. The van der Waals surface area contributed by atoms with E-state index in [9.17, 15) is 24.6 Å². The third-order valence-electron chi connectivity index (χ3n) is 16.8. The number of cyclic esters (lactones) is 1. The summed E-state index contributed by atoms with van der Waals surface area (Å²) in [5.74, 6) is -3.66. The Morgan fingerprint density at radius 2 is 0.662 bits per heavy atom. The summed E-state index contributed by atoms with van der Waals surface area (Å²) < 4.78 is 17.9. The minimum Gasteiger partial charge on any atom is -0.499 e. The lowest BCUT2D eigenvalue weighted by Crippen LogP contribution is -2.69. The highest BCUT2D eigenvalue weighted by atomic mass is 16.7. The third-order valence-corrected chi connectivity index (χ3v) is 16.8. The molecule has 0 aromatic heterocycles. The first-order valence-corrected chi connectivity index (χ1v) is 34.3. The van der Waals surface area contributed by atoms with E-state index in [2.05, 4.69) is 55.4 Å². The first-order chi connectivity index (χ1) is 38.5. The van der Waals surface area contributed by atoms with Crippen LogP contribution in [0.2, 0.25) is 0 Å². The van der Waals surface area contributed by atoms with E-state index < -0.39 is 58.8 Å². The zero-order valence-electron chi connectivity index (χ0n) is 53.6. The van der Waals surface area contributed by atoms with Crippen molar-refractivity contribution in [1.82, 2.24) is 0 Å². The number of hydrogen-bond acceptors (Lipinski definition) is 10. The van der Waals surface area contributed by atoms with Crippen LogP contribution in [0.5, 0.6) is 0 Å². The molecule has 2 atom stereocenters. The van der Waals surface area contributed by atoms with Gasteiger partial charge in [0.1, 0.15) is 0 Å². The van der Waals surface area contributed by atoms with Crippen LogP contribution in [-0.2, 0) is 38.2 Å². The van der Waals surface area contributed by atoms with Crippen LogP contribution in [0.4, 0.5) is 0 Å². The number of unbranched alkanes of at least 4 members (excludes halogenated alkanes) is 36. The molecular weight excluding hydrogens is 1000 g/mol. The SMILES string of the molecule is CC(C)CCCCCCCCCCCCC(=O)OC1=C(O)C(=O)O[C@]1(C(=O)CCCCCCCCCCCCC(C)C)[C@](CO)(OC(=O)CCCCCCCCCCCCC(C)C)C(=O)CCCCCCCCCCCCC(C)C. The number of rotatable bonds is 58. The minimum absolute atomic E-state index is 0.0701. The molecule has 0 aromatic rings. The van der Waals surface area contributed by atoms with Gasteiger partial charge in [-0.3, -0.25) is 19.2 Å². The summed E-state index contributed by atoms with van der Waals surface area (Å²) in [7, 11) is 0. The Morgan fingerprint density at radius 1 is 0.400 bits per heavy atom. The van der Waals surface area contributed by atoms with Gasteiger partial charge in [-0.2, -0.15) is 0 Å². The van der Waals surface area contributed by atoms with E-state index in [-0.39, 0.29) is 25.7 Å². The fourth-order valence-corrected chi connectivity index (χ4v) is 11.6. The fraction of sp³-hybridized carbons (Fsp3) is 0.900. The van der Waals surface area contributed by atoms with Crippen LogP contribution < -0.4 is 0 Å². The molecule has 0 radical (unpaired) electrons. The summed E-state index contributed by atoms with van der Waals surface area (Å²) in [5.41, 5.74) is -5.68. The summed E-state index contributed by atoms with van der Waals surface area (Å²) in [6.45, 7) is 16.9. The van der Waals surface area contributed by atoms with E-state index >= 15 is 9.59 Å². The Morgan fingerprint density at radius 3 is 0.963 bits per heavy atom. The number of ketones is 2. The third kappa shape index (κ3) is 34.8. The highest BCUT2D eigenvalue weighted by Crippen LogP contribution is 2.47. The molecule has 10 heteroatoms. The first-order valence-electron chi connectivity index (χ1n) is 34.3. The quantitative estimate of drug-likeness (QED) is 0.0342. The van der Waals surface area contributed by atoms with Crippen molar-refractivity contribution >= 4 is 29.5 Å². The predicted molar refractivity (Wildman–Crippen MR) is 331 cm³/mol. The molecule has 1 rings (SSSR count). The highest BCUT2D eigenvalue weighted by molar-refractivity contribution is 6.08. The summed E-state index contributed by atoms with van der Waals surface area (Å²) in [4.78, 5) is 71.8. The van der Waals surface area contributed by atoms with Crippen molar-refractivity contribution in [2.75, 3.05) is 6.61 Å². The van der Waals surface area contributed by atoms with Crippen molar-refractivity contribution in [1.29, 1.82) is 0 Å². The molecule has 0 unspecified atom stereocenters. The average Bonchev–Trinajstić information content (AvgIpc) is 3.85. The number of hydrogen-bond donors (Lipinski definition) is 2. The van der Waals surface area contributed by atoms with Crippen LogP contribution in [0.3, 0.4) is 0 Å². The standard InChI is InChI=1S/C70H128O10/c1-58(2)49-41-33-25-17-9-13-21-29-37-45-53-62(72)69(57-71,79-65(75)56-48-40-32-24-16-12-20-28-36-44-52-61(7)8)70(63(73)54-46-38-30-22-14-10-18-26-34-42-50-59(3)4)67(66(76)68(77)80-70)78-64(74)55-47-39-31-23-15-11-19-27-35-43-51-60(5)6/h58-61,71,76H,9-57H2,1-8H3/t69-,70+/m1/s1.